The van der Waals surface area contributed by atoms with E-state index in [0.717, 1.165) is 5.69 Å². The molecule has 0 aliphatic carbocycles. The molecule has 1 aromatic rings. The molecule has 0 aliphatic heterocycles. The molecule has 0 bridgehead atoms. The quantitative estimate of drug-likeness (QED) is 0.0509. The first-order chi connectivity index (χ1) is 22.1. The molecule has 0 aliphatic rings. The highest BCUT2D eigenvalue weighted by Crippen LogP contribution is 2.69. The van der Waals surface area contributed by atoms with Crippen LogP contribution in [-0.4, -0.2) is 110 Å². The van der Waals surface area contributed by atoms with Gasteiger partial charge in [0.1, 0.15) is 11.6 Å². The molecule has 1 aromatic carbocycles. The Morgan fingerprint density at radius 1 is 0.854 bits per heavy atom. The Morgan fingerprint density at radius 3 is 1.88 bits per heavy atom. The molecular weight excluding hydrogens is 719 g/mol. The number of benzene rings is 1. The maximum absolute atomic E-state index is 13.0. The Hall–Kier alpha value is -2.46. The van der Waals surface area contributed by atoms with E-state index in [1.807, 2.05) is 17.0 Å². The van der Waals surface area contributed by atoms with E-state index in [9.17, 15) is 33.4 Å². The number of carbonyl (C=O) groups excluding carboxylic acids is 4. The predicted octanol–water partition coefficient (Wildman–Crippen LogP) is 0.927. The first-order valence-electron chi connectivity index (χ1n) is 14.7. The molecule has 0 saturated heterocycles. The average molecular weight is 765 g/mol. The summed E-state index contributed by atoms with van der Waals surface area (Å²) in [6, 6.07) is 6.10. The lowest BCUT2D eigenvalue weighted by molar-refractivity contribution is -0.128. The van der Waals surface area contributed by atoms with Crippen molar-refractivity contribution in [1.82, 2.24) is 21.3 Å². The van der Waals surface area contributed by atoms with Crippen molar-refractivity contribution < 1.29 is 57.7 Å². The Labute approximate surface area is 288 Å². The van der Waals surface area contributed by atoms with Gasteiger partial charge < -0.3 is 55.6 Å². The maximum Gasteiger partial charge on any atom is 0.408 e. The van der Waals surface area contributed by atoms with Crippen LogP contribution in [0.4, 0.5) is 10.5 Å². The highest BCUT2D eigenvalue weighted by atomic mass is 35.5. The number of rotatable bonds is 20. The number of ether oxygens (including phenoxy) is 1. The van der Waals surface area contributed by atoms with Crippen molar-refractivity contribution >= 4 is 67.9 Å². The van der Waals surface area contributed by atoms with Crippen molar-refractivity contribution in [3.05, 3.63) is 29.8 Å². The molecule has 274 valence electrons. The third kappa shape index (κ3) is 15.4. The number of alkyl carbamates (subject to hydrolysis) is 1. The lowest BCUT2D eigenvalue weighted by Gasteiger charge is -2.29. The lowest BCUT2D eigenvalue weighted by atomic mass is 10.0. The van der Waals surface area contributed by atoms with Crippen molar-refractivity contribution in [1.29, 1.82) is 0 Å². The standard InChI is InChI=1S/C27H45Cl2N5O12P2/c1-26(2,3)46-25(38)33-21(16-19-6-8-20(9-7-19)34(14-11-28)15-12-29)24(37)32-18-23(36)31-17-22(35)30-13-5-4-10-27(39,47(40,41)42)48(43,44)45/h6-9,21,39H,4-5,10-18H2,1-3H3,(H,30,35)(H,31,36)(H,32,37)(H,33,38)(H2,40,41,42)(H2,43,44,45)/t21-/m0/s1. The number of hydrogen-bond acceptors (Lipinski definition) is 9. The summed E-state index contributed by atoms with van der Waals surface area (Å²) in [6.07, 6.45) is -1.98. The molecule has 21 heteroatoms. The summed E-state index contributed by atoms with van der Waals surface area (Å²) in [7, 11) is -11.1. The van der Waals surface area contributed by atoms with Crippen LogP contribution in [0.25, 0.3) is 0 Å². The van der Waals surface area contributed by atoms with Crippen LogP contribution in [-0.2, 0) is 34.7 Å². The van der Waals surface area contributed by atoms with E-state index in [1.165, 1.54) is 0 Å². The van der Waals surface area contributed by atoms with E-state index >= 15 is 0 Å². The van der Waals surface area contributed by atoms with E-state index in [0.29, 0.717) is 30.4 Å². The largest absolute Gasteiger partial charge is 0.444 e. The summed E-state index contributed by atoms with van der Waals surface area (Å²) >= 11 is 11.8. The van der Waals surface area contributed by atoms with Gasteiger partial charge in [-0.25, -0.2) is 4.79 Å². The van der Waals surface area contributed by atoms with Gasteiger partial charge in [-0.15, -0.1) is 23.2 Å². The Bertz CT molecular complexity index is 1290. The number of alkyl halides is 2. The van der Waals surface area contributed by atoms with Gasteiger partial charge in [0.05, 0.1) is 13.1 Å². The number of nitrogens with zero attached hydrogens (tertiary/aromatic N) is 1. The van der Waals surface area contributed by atoms with Gasteiger partial charge in [0.15, 0.2) is 0 Å². The predicted molar refractivity (Wildman–Crippen MR) is 179 cm³/mol. The van der Waals surface area contributed by atoms with Crippen LogP contribution in [0.15, 0.2) is 24.3 Å². The van der Waals surface area contributed by atoms with Gasteiger partial charge in [0.2, 0.25) is 17.7 Å². The number of halogens is 2. The smallest absolute Gasteiger partial charge is 0.408 e. The van der Waals surface area contributed by atoms with Crippen molar-refractivity contribution in [3.63, 3.8) is 0 Å². The van der Waals surface area contributed by atoms with Gasteiger partial charge in [-0.05, 0) is 57.7 Å². The zero-order chi connectivity index (χ0) is 36.8. The van der Waals surface area contributed by atoms with E-state index in [4.69, 9.17) is 47.5 Å². The molecule has 1 atom stereocenters. The normalized spacial score (nSPS) is 12.9. The summed E-state index contributed by atoms with van der Waals surface area (Å²) < 4.78 is 28.0. The maximum atomic E-state index is 13.0. The number of hydrogen-bond donors (Lipinski definition) is 9. The second-order valence-corrected chi connectivity index (χ2v) is 16.4. The third-order valence-electron chi connectivity index (χ3n) is 6.52. The molecule has 0 unspecified atom stereocenters. The van der Waals surface area contributed by atoms with Crippen LogP contribution in [0.2, 0.25) is 0 Å². The number of carbonyl (C=O) groups is 4. The van der Waals surface area contributed by atoms with Crippen molar-refractivity contribution in [3.8, 4) is 0 Å². The van der Waals surface area contributed by atoms with Crippen LogP contribution in [0, 0.1) is 0 Å². The topological polar surface area (TPSA) is 264 Å². The molecule has 17 nitrogen and oxygen atoms in total. The van der Waals surface area contributed by atoms with Gasteiger partial charge in [0, 0.05) is 43.5 Å². The Balaban J connectivity index is 2.69. The molecule has 0 radical (unpaired) electrons. The van der Waals surface area contributed by atoms with E-state index < -0.39 is 75.2 Å². The molecule has 0 heterocycles. The van der Waals surface area contributed by atoms with E-state index in [-0.39, 0.29) is 25.8 Å². The molecule has 0 fully saturated rings. The Kier molecular flexibility index (Phi) is 17.8. The number of aliphatic hydroxyl groups is 1. The number of nitrogens with one attached hydrogen (secondary N) is 4. The summed E-state index contributed by atoms with van der Waals surface area (Å²) in [5, 5.41) is 15.9. The molecule has 0 aromatic heterocycles. The fraction of sp³-hybridized carbons (Fsp3) is 0.630. The van der Waals surface area contributed by atoms with Crippen molar-refractivity contribution in [2.45, 2.75) is 63.2 Å². The highest BCUT2D eigenvalue weighted by molar-refractivity contribution is 7.72. The van der Waals surface area contributed by atoms with E-state index in [1.54, 1.807) is 32.9 Å². The fourth-order valence-electron chi connectivity index (χ4n) is 4.08. The minimum Gasteiger partial charge on any atom is -0.444 e. The molecule has 48 heavy (non-hydrogen) atoms. The number of amides is 4. The van der Waals surface area contributed by atoms with Gasteiger partial charge in [0.25, 0.3) is 5.08 Å². The van der Waals surface area contributed by atoms with Crippen LogP contribution >= 0.6 is 38.4 Å². The molecule has 0 saturated carbocycles. The van der Waals surface area contributed by atoms with Crippen molar-refractivity contribution in [2.24, 2.45) is 0 Å². The third-order valence-corrected chi connectivity index (χ3v) is 10.7. The summed E-state index contributed by atoms with van der Waals surface area (Å²) in [6.45, 7) is 5.01. The summed E-state index contributed by atoms with van der Waals surface area (Å²) in [5.41, 5.74) is 0.728. The SMILES string of the molecule is CC(C)(C)OC(=O)N[C@@H](Cc1ccc(N(CCCl)CCCl)cc1)C(=O)NCC(=O)NCC(=O)NCCCCC(O)(P(=O)(O)O)P(=O)(O)O. The zero-order valence-corrected chi connectivity index (χ0v) is 30.2. The number of anilines is 1. The van der Waals surface area contributed by atoms with Gasteiger partial charge in [-0.2, -0.15) is 0 Å². The summed E-state index contributed by atoms with van der Waals surface area (Å²) in [4.78, 5) is 88.5. The van der Waals surface area contributed by atoms with Gasteiger partial charge >= 0.3 is 21.3 Å². The second-order valence-electron chi connectivity index (χ2n) is 11.6. The fourth-order valence-corrected chi connectivity index (χ4v) is 6.75. The molecule has 1 rings (SSSR count). The van der Waals surface area contributed by atoms with Gasteiger partial charge in [-0.1, -0.05) is 12.1 Å². The van der Waals surface area contributed by atoms with E-state index in [2.05, 4.69) is 21.3 Å². The number of unbranched alkanes of at least 4 members (excludes halogenated alkanes) is 1. The first-order valence-corrected chi connectivity index (χ1v) is 19.0. The average Bonchev–Trinajstić information content (AvgIpc) is 2.96. The Morgan fingerprint density at radius 2 is 1.38 bits per heavy atom. The summed E-state index contributed by atoms with van der Waals surface area (Å²) in [5.74, 6) is -1.29. The van der Waals surface area contributed by atoms with Crippen molar-refractivity contribution in [2.75, 3.05) is 49.4 Å². The van der Waals surface area contributed by atoms with Crippen LogP contribution in [0.3, 0.4) is 0 Å². The second kappa shape index (κ2) is 19.7. The first kappa shape index (κ1) is 43.6. The lowest BCUT2D eigenvalue weighted by Crippen LogP contribution is -2.51. The monoisotopic (exact) mass is 763 g/mol. The minimum atomic E-state index is -5.57. The highest BCUT2D eigenvalue weighted by Gasteiger charge is 2.58. The zero-order valence-electron chi connectivity index (χ0n) is 26.9. The minimum absolute atomic E-state index is 0.00802. The molecule has 9 N–H and O–H groups in total. The van der Waals surface area contributed by atoms with Gasteiger partial charge in [-0.3, -0.25) is 23.5 Å². The molecule has 4 amide bonds. The van der Waals surface area contributed by atoms with Crippen LogP contribution < -0.4 is 26.2 Å². The van der Waals surface area contributed by atoms with Crippen LogP contribution in [0.5, 0.6) is 0 Å². The van der Waals surface area contributed by atoms with Crippen LogP contribution in [0.1, 0.15) is 45.6 Å². The molecule has 0 spiro atoms. The molecular formula is C27H45Cl2N5O12P2.